The van der Waals surface area contributed by atoms with Crippen LogP contribution in [0.1, 0.15) is 20.8 Å². The summed E-state index contributed by atoms with van der Waals surface area (Å²) in [4.78, 5) is 4.49. The largest absolute Gasteiger partial charge is 0.325 e. The minimum atomic E-state index is -0.658. The van der Waals surface area contributed by atoms with Crippen molar-refractivity contribution in [2.75, 3.05) is 17.3 Å². The SMILES string of the molecule is CCS(CC)(CC)c1cc2cccnc2n1C. The van der Waals surface area contributed by atoms with Crippen molar-refractivity contribution in [1.82, 2.24) is 9.55 Å². The van der Waals surface area contributed by atoms with E-state index in [9.17, 15) is 0 Å². The molecule has 2 rings (SSSR count). The zero-order valence-corrected chi connectivity index (χ0v) is 12.0. The van der Waals surface area contributed by atoms with E-state index in [1.165, 1.54) is 27.7 Å². The summed E-state index contributed by atoms with van der Waals surface area (Å²) >= 11 is 0. The summed E-state index contributed by atoms with van der Waals surface area (Å²) in [7, 11) is 1.50. The summed E-state index contributed by atoms with van der Waals surface area (Å²) < 4.78 is 2.31. The third-order valence-corrected chi connectivity index (χ3v) is 8.44. The van der Waals surface area contributed by atoms with Crippen LogP contribution in [0.5, 0.6) is 0 Å². The van der Waals surface area contributed by atoms with Crippen LogP contribution in [0.15, 0.2) is 29.4 Å². The molecule has 0 aliphatic heterocycles. The molecule has 2 aromatic rings. The van der Waals surface area contributed by atoms with Crippen molar-refractivity contribution in [3.8, 4) is 0 Å². The van der Waals surface area contributed by atoms with E-state index < -0.39 is 10.0 Å². The first-order chi connectivity index (χ1) is 8.18. The molecular formula is C14H22N2S. The fraction of sp³-hybridized carbons (Fsp3) is 0.500. The van der Waals surface area contributed by atoms with Gasteiger partial charge in [0.05, 0.1) is 5.03 Å². The molecule has 0 saturated heterocycles. The fourth-order valence-electron chi connectivity index (χ4n) is 2.61. The van der Waals surface area contributed by atoms with Gasteiger partial charge >= 0.3 is 0 Å². The van der Waals surface area contributed by atoms with E-state index >= 15 is 0 Å². The molecule has 2 heterocycles. The number of aromatic nitrogens is 2. The number of fused-ring (bicyclic) bond motifs is 1. The van der Waals surface area contributed by atoms with Gasteiger partial charge in [0.2, 0.25) is 0 Å². The highest BCUT2D eigenvalue weighted by Gasteiger charge is 2.24. The Morgan fingerprint density at radius 3 is 2.35 bits per heavy atom. The average Bonchev–Trinajstić information content (AvgIpc) is 2.72. The topological polar surface area (TPSA) is 17.8 Å². The zero-order valence-electron chi connectivity index (χ0n) is 11.2. The van der Waals surface area contributed by atoms with Crippen LogP contribution in [0.25, 0.3) is 11.0 Å². The second kappa shape index (κ2) is 4.73. The smallest absolute Gasteiger partial charge is 0.140 e. The molecule has 0 aliphatic carbocycles. The Balaban J connectivity index is 2.65. The van der Waals surface area contributed by atoms with E-state index in [1.54, 1.807) is 0 Å². The van der Waals surface area contributed by atoms with Crippen LogP contribution >= 0.6 is 10.0 Å². The molecule has 0 amide bonds. The van der Waals surface area contributed by atoms with Gasteiger partial charge in [0.15, 0.2) is 0 Å². The van der Waals surface area contributed by atoms with E-state index in [0.717, 1.165) is 5.65 Å². The Morgan fingerprint density at radius 1 is 1.18 bits per heavy atom. The molecule has 3 heteroatoms. The number of hydrogen-bond donors (Lipinski definition) is 0. The van der Waals surface area contributed by atoms with Gasteiger partial charge in [0.1, 0.15) is 5.65 Å². The molecule has 2 aromatic heterocycles. The second-order valence-corrected chi connectivity index (χ2v) is 8.61. The predicted molar refractivity (Wildman–Crippen MR) is 78.2 cm³/mol. The normalized spacial score (nSPS) is 13.2. The summed E-state index contributed by atoms with van der Waals surface area (Å²) in [6, 6.07) is 6.54. The Hall–Kier alpha value is -0.960. The molecule has 0 bridgehead atoms. The summed E-state index contributed by atoms with van der Waals surface area (Å²) in [6.07, 6.45) is 1.88. The fourth-order valence-corrected chi connectivity index (χ4v) is 5.76. The molecule has 0 saturated carbocycles. The highest BCUT2D eigenvalue weighted by atomic mass is 32.3. The molecule has 0 spiro atoms. The van der Waals surface area contributed by atoms with Crippen molar-refractivity contribution in [2.24, 2.45) is 7.05 Å². The molecule has 0 atom stereocenters. The lowest BCUT2D eigenvalue weighted by Gasteiger charge is -2.37. The molecule has 0 aromatic carbocycles. The molecule has 0 aliphatic rings. The molecule has 0 unspecified atom stereocenters. The summed E-state index contributed by atoms with van der Waals surface area (Å²) in [5.41, 5.74) is 1.12. The first kappa shape index (κ1) is 12.5. The Bertz CT molecular complexity index is 504. The number of rotatable bonds is 4. The van der Waals surface area contributed by atoms with Gasteiger partial charge < -0.3 is 4.57 Å². The standard InChI is InChI=1S/C14H22N2S/c1-5-17(6-2,7-3)13-11-12-9-8-10-15-14(12)16(13)4/h8-11H,5-7H2,1-4H3. The van der Waals surface area contributed by atoms with Crippen molar-refractivity contribution < 1.29 is 0 Å². The van der Waals surface area contributed by atoms with Crippen molar-refractivity contribution >= 4 is 21.1 Å². The number of pyridine rings is 1. The summed E-state index contributed by atoms with van der Waals surface area (Å²) in [6.45, 7) is 6.98. The number of hydrogen-bond acceptors (Lipinski definition) is 1. The lowest BCUT2D eigenvalue weighted by molar-refractivity contribution is 0.839. The molecule has 2 nitrogen and oxygen atoms in total. The van der Waals surface area contributed by atoms with Crippen LogP contribution in [0.4, 0.5) is 0 Å². The van der Waals surface area contributed by atoms with E-state index in [0.29, 0.717) is 0 Å². The van der Waals surface area contributed by atoms with Gasteiger partial charge in [-0.1, -0.05) is 20.8 Å². The van der Waals surface area contributed by atoms with Gasteiger partial charge in [-0.25, -0.2) is 15.0 Å². The van der Waals surface area contributed by atoms with Crippen molar-refractivity contribution in [2.45, 2.75) is 25.8 Å². The molecule has 0 radical (unpaired) electrons. The molecule has 17 heavy (non-hydrogen) atoms. The Kier molecular flexibility index (Phi) is 3.48. The first-order valence-corrected chi connectivity index (χ1v) is 8.49. The maximum absolute atomic E-state index is 4.49. The minimum absolute atomic E-state index is 0.658. The van der Waals surface area contributed by atoms with E-state index in [4.69, 9.17) is 0 Å². The zero-order chi connectivity index (χ0) is 12.5. The van der Waals surface area contributed by atoms with Gasteiger partial charge in [-0.3, -0.25) is 0 Å². The van der Waals surface area contributed by atoms with Crippen molar-refractivity contribution in [3.05, 3.63) is 24.4 Å². The lowest BCUT2D eigenvalue weighted by atomic mass is 10.3. The maximum atomic E-state index is 4.49. The van der Waals surface area contributed by atoms with Crippen LogP contribution in [-0.4, -0.2) is 26.8 Å². The number of aryl methyl sites for hydroxylation is 1. The van der Waals surface area contributed by atoms with Gasteiger partial charge in [0.25, 0.3) is 0 Å². The van der Waals surface area contributed by atoms with Gasteiger partial charge in [-0.15, -0.1) is 0 Å². The number of nitrogens with zero attached hydrogens (tertiary/aromatic N) is 2. The van der Waals surface area contributed by atoms with Crippen LogP contribution in [0, 0.1) is 0 Å². The average molecular weight is 250 g/mol. The highest BCUT2D eigenvalue weighted by molar-refractivity contribution is 8.33. The van der Waals surface area contributed by atoms with Crippen LogP contribution in [0.2, 0.25) is 0 Å². The predicted octanol–water partition coefficient (Wildman–Crippen LogP) is 3.80. The van der Waals surface area contributed by atoms with Crippen LogP contribution < -0.4 is 0 Å². The molecule has 94 valence electrons. The summed E-state index contributed by atoms with van der Waals surface area (Å²) in [5.74, 6) is 3.80. The van der Waals surface area contributed by atoms with E-state index in [-0.39, 0.29) is 0 Å². The lowest BCUT2D eigenvalue weighted by Crippen LogP contribution is -2.13. The van der Waals surface area contributed by atoms with Gasteiger partial charge in [-0.2, -0.15) is 0 Å². The Labute approximate surface area is 105 Å². The van der Waals surface area contributed by atoms with Gasteiger partial charge in [-0.05, 0) is 35.5 Å². The quantitative estimate of drug-likeness (QED) is 0.807. The van der Waals surface area contributed by atoms with Crippen molar-refractivity contribution in [3.63, 3.8) is 0 Å². The van der Waals surface area contributed by atoms with Crippen molar-refractivity contribution in [1.29, 1.82) is 0 Å². The minimum Gasteiger partial charge on any atom is -0.325 e. The van der Waals surface area contributed by atoms with E-state index in [2.05, 4.69) is 49.5 Å². The van der Waals surface area contributed by atoms with Gasteiger partial charge in [0, 0.05) is 18.6 Å². The Morgan fingerprint density at radius 2 is 1.82 bits per heavy atom. The second-order valence-electron chi connectivity index (χ2n) is 4.37. The molecule has 0 fully saturated rings. The highest BCUT2D eigenvalue weighted by Crippen LogP contribution is 2.55. The summed E-state index contributed by atoms with van der Waals surface area (Å²) in [5, 5.41) is 2.79. The first-order valence-electron chi connectivity index (χ1n) is 6.35. The maximum Gasteiger partial charge on any atom is 0.140 e. The molecular weight excluding hydrogens is 228 g/mol. The van der Waals surface area contributed by atoms with E-state index in [1.807, 2.05) is 12.3 Å². The third-order valence-electron chi connectivity index (χ3n) is 3.85. The van der Waals surface area contributed by atoms with Crippen LogP contribution in [-0.2, 0) is 7.05 Å². The monoisotopic (exact) mass is 250 g/mol. The molecule has 0 N–H and O–H groups in total. The third kappa shape index (κ3) is 1.86. The van der Waals surface area contributed by atoms with Crippen LogP contribution in [0.3, 0.4) is 0 Å².